The first kappa shape index (κ1) is 11.6. The number of fused-ring (bicyclic) bond motifs is 1. The van der Waals surface area contributed by atoms with Crippen molar-refractivity contribution in [2.75, 3.05) is 18.6 Å². The molecule has 2 rings (SSSR count). The van der Waals surface area contributed by atoms with Crippen LogP contribution in [-0.2, 0) is 4.74 Å². The number of nitrogens with zero attached hydrogens (tertiary/aromatic N) is 1. The maximum Gasteiger partial charge on any atom is 0.414 e. The van der Waals surface area contributed by atoms with Crippen molar-refractivity contribution < 1.29 is 18.7 Å². The fraction of sp³-hybridized carbons (Fsp3) is 0.333. The van der Waals surface area contributed by atoms with Gasteiger partial charge in [-0.1, -0.05) is 0 Å². The SMILES string of the molecule is COC(=O)N1CCCC(=O)c2cc(F)ccc21. The molecule has 0 saturated carbocycles. The third-order valence-corrected chi connectivity index (χ3v) is 2.73. The molecule has 1 aliphatic rings. The van der Waals surface area contributed by atoms with Gasteiger partial charge in [-0.2, -0.15) is 0 Å². The first-order valence-corrected chi connectivity index (χ1v) is 5.31. The molecule has 17 heavy (non-hydrogen) atoms. The third-order valence-electron chi connectivity index (χ3n) is 2.73. The molecule has 4 nitrogen and oxygen atoms in total. The first-order valence-electron chi connectivity index (χ1n) is 5.31. The summed E-state index contributed by atoms with van der Waals surface area (Å²) in [7, 11) is 1.28. The summed E-state index contributed by atoms with van der Waals surface area (Å²) in [5, 5.41) is 0. The summed E-state index contributed by atoms with van der Waals surface area (Å²) in [6.45, 7) is 0.400. The van der Waals surface area contributed by atoms with Gasteiger partial charge >= 0.3 is 6.09 Å². The lowest BCUT2D eigenvalue weighted by Gasteiger charge is -2.20. The molecule has 0 unspecified atom stereocenters. The molecule has 0 fully saturated rings. The van der Waals surface area contributed by atoms with Crippen LogP contribution in [0.4, 0.5) is 14.9 Å². The topological polar surface area (TPSA) is 46.6 Å². The van der Waals surface area contributed by atoms with Crippen molar-refractivity contribution in [1.29, 1.82) is 0 Å². The zero-order valence-electron chi connectivity index (χ0n) is 9.40. The second-order valence-corrected chi connectivity index (χ2v) is 3.81. The molecule has 1 aromatic rings. The van der Waals surface area contributed by atoms with E-state index in [1.807, 2.05) is 0 Å². The van der Waals surface area contributed by atoms with Gasteiger partial charge in [0.25, 0.3) is 0 Å². The molecule has 5 heteroatoms. The molecule has 1 heterocycles. The fourth-order valence-corrected chi connectivity index (χ4v) is 1.92. The molecular weight excluding hydrogens is 225 g/mol. The maximum absolute atomic E-state index is 13.1. The van der Waals surface area contributed by atoms with Crippen molar-refractivity contribution in [1.82, 2.24) is 0 Å². The van der Waals surface area contributed by atoms with Crippen LogP contribution in [0.15, 0.2) is 18.2 Å². The number of amides is 1. The molecule has 0 saturated heterocycles. The van der Waals surface area contributed by atoms with E-state index in [0.29, 0.717) is 25.1 Å². The molecule has 90 valence electrons. The molecule has 0 aliphatic carbocycles. The quantitative estimate of drug-likeness (QED) is 0.696. The largest absolute Gasteiger partial charge is 0.452 e. The number of anilines is 1. The van der Waals surface area contributed by atoms with Crippen LogP contribution in [0.2, 0.25) is 0 Å². The van der Waals surface area contributed by atoms with Crippen LogP contribution in [0, 0.1) is 5.82 Å². The highest BCUT2D eigenvalue weighted by molar-refractivity contribution is 6.05. The zero-order chi connectivity index (χ0) is 12.4. The molecule has 1 aliphatic heterocycles. The van der Waals surface area contributed by atoms with E-state index in [9.17, 15) is 14.0 Å². The average Bonchev–Trinajstić information content (AvgIpc) is 2.48. The smallest absolute Gasteiger partial charge is 0.414 e. The van der Waals surface area contributed by atoms with E-state index < -0.39 is 11.9 Å². The van der Waals surface area contributed by atoms with E-state index in [0.717, 1.165) is 0 Å². The number of ketones is 1. The van der Waals surface area contributed by atoms with Crippen LogP contribution in [0.1, 0.15) is 23.2 Å². The van der Waals surface area contributed by atoms with Gasteiger partial charge in [0, 0.05) is 18.5 Å². The highest BCUT2D eigenvalue weighted by Crippen LogP contribution is 2.27. The number of Topliss-reactive ketones (excluding diaryl/α,β-unsaturated/α-hetero) is 1. The van der Waals surface area contributed by atoms with Crippen molar-refractivity contribution >= 4 is 17.6 Å². The van der Waals surface area contributed by atoms with E-state index in [1.165, 1.54) is 30.2 Å². The Morgan fingerprint density at radius 3 is 2.94 bits per heavy atom. The highest BCUT2D eigenvalue weighted by Gasteiger charge is 2.25. The van der Waals surface area contributed by atoms with Crippen LogP contribution in [0.3, 0.4) is 0 Å². The minimum absolute atomic E-state index is 0.147. The Balaban J connectivity index is 2.51. The lowest BCUT2D eigenvalue weighted by molar-refractivity contribution is 0.0983. The Morgan fingerprint density at radius 2 is 2.24 bits per heavy atom. The summed E-state index contributed by atoms with van der Waals surface area (Å²) in [5.41, 5.74) is 0.661. The molecule has 1 aromatic carbocycles. The summed E-state index contributed by atoms with van der Waals surface area (Å²) >= 11 is 0. The maximum atomic E-state index is 13.1. The minimum atomic E-state index is -0.535. The van der Waals surface area contributed by atoms with Gasteiger partial charge in [-0.15, -0.1) is 0 Å². The van der Waals surface area contributed by atoms with Crippen LogP contribution >= 0.6 is 0 Å². The second-order valence-electron chi connectivity index (χ2n) is 3.81. The van der Waals surface area contributed by atoms with Crippen LogP contribution in [-0.4, -0.2) is 25.5 Å². The van der Waals surface area contributed by atoms with Crippen molar-refractivity contribution in [2.45, 2.75) is 12.8 Å². The van der Waals surface area contributed by atoms with E-state index >= 15 is 0 Å². The average molecular weight is 237 g/mol. The van der Waals surface area contributed by atoms with E-state index in [2.05, 4.69) is 4.74 Å². The van der Waals surface area contributed by atoms with Gasteiger partial charge in [0.1, 0.15) is 5.82 Å². The van der Waals surface area contributed by atoms with Gasteiger partial charge in [0.05, 0.1) is 12.8 Å². The third kappa shape index (κ3) is 2.13. The number of hydrogen-bond donors (Lipinski definition) is 0. The van der Waals surface area contributed by atoms with Crippen molar-refractivity contribution in [3.63, 3.8) is 0 Å². The minimum Gasteiger partial charge on any atom is -0.452 e. The van der Waals surface area contributed by atoms with Crippen molar-refractivity contribution in [3.05, 3.63) is 29.6 Å². The number of carbonyl (C=O) groups is 2. The summed E-state index contributed by atoms with van der Waals surface area (Å²) in [5.74, 6) is -0.630. The number of hydrogen-bond acceptors (Lipinski definition) is 3. The Labute approximate surface area is 98.0 Å². The number of halogens is 1. The summed E-state index contributed by atoms with van der Waals surface area (Å²) in [4.78, 5) is 24.7. The van der Waals surface area contributed by atoms with Crippen LogP contribution in [0.5, 0.6) is 0 Å². The van der Waals surface area contributed by atoms with Gasteiger partial charge in [-0.05, 0) is 24.6 Å². The predicted molar refractivity (Wildman–Crippen MR) is 59.7 cm³/mol. The molecular formula is C12H12FNO3. The second kappa shape index (κ2) is 4.53. The number of benzene rings is 1. The molecule has 1 amide bonds. The number of ether oxygens (including phenoxy) is 1. The van der Waals surface area contributed by atoms with Crippen LogP contribution < -0.4 is 4.90 Å². The van der Waals surface area contributed by atoms with Crippen molar-refractivity contribution in [3.8, 4) is 0 Å². The van der Waals surface area contributed by atoms with Gasteiger partial charge in [0.2, 0.25) is 0 Å². The molecule has 0 aromatic heterocycles. The first-order chi connectivity index (χ1) is 8.13. The van der Waals surface area contributed by atoms with Gasteiger partial charge in [-0.3, -0.25) is 9.69 Å². The van der Waals surface area contributed by atoms with Crippen LogP contribution in [0.25, 0.3) is 0 Å². The summed E-state index contributed by atoms with van der Waals surface area (Å²) in [6.07, 6.45) is 0.321. The Hall–Kier alpha value is -1.91. The van der Waals surface area contributed by atoms with Gasteiger partial charge in [0.15, 0.2) is 5.78 Å². The van der Waals surface area contributed by atoms with Gasteiger partial charge < -0.3 is 4.74 Å². The highest BCUT2D eigenvalue weighted by atomic mass is 19.1. The fourth-order valence-electron chi connectivity index (χ4n) is 1.92. The van der Waals surface area contributed by atoms with E-state index in [4.69, 9.17) is 0 Å². The zero-order valence-corrected chi connectivity index (χ0v) is 9.40. The number of rotatable bonds is 0. The standard InChI is InChI=1S/C12H12FNO3/c1-17-12(16)14-6-2-3-11(15)9-7-8(13)4-5-10(9)14/h4-5,7H,2-3,6H2,1H3. The number of methoxy groups -OCH3 is 1. The molecule has 0 spiro atoms. The monoisotopic (exact) mass is 237 g/mol. The van der Waals surface area contributed by atoms with Gasteiger partial charge in [-0.25, -0.2) is 9.18 Å². The Morgan fingerprint density at radius 1 is 1.47 bits per heavy atom. The molecule has 0 atom stereocenters. The van der Waals surface area contributed by atoms with E-state index in [-0.39, 0.29) is 11.3 Å². The molecule has 0 radical (unpaired) electrons. The van der Waals surface area contributed by atoms with E-state index in [1.54, 1.807) is 0 Å². The molecule has 0 bridgehead atoms. The normalized spacial score (nSPS) is 15.2. The lowest BCUT2D eigenvalue weighted by atomic mass is 10.1. The Kier molecular flexibility index (Phi) is 3.08. The predicted octanol–water partition coefficient (Wildman–Crippen LogP) is 2.38. The summed E-state index contributed by atoms with van der Waals surface area (Å²) in [6, 6.07) is 3.83. The summed E-state index contributed by atoms with van der Waals surface area (Å²) < 4.78 is 17.8. The number of carbonyl (C=O) groups excluding carboxylic acids is 2. The lowest BCUT2D eigenvalue weighted by Crippen LogP contribution is -2.31. The van der Waals surface area contributed by atoms with Crippen molar-refractivity contribution in [2.24, 2.45) is 0 Å². The molecule has 0 N–H and O–H groups in total. The Bertz CT molecular complexity index is 473.